The molecule has 4 nitrogen and oxygen atoms in total. The first kappa shape index (κ1) is 17.5. The highest BCUT2D eigenvalue weighted by Gasteiger charge is 2.34. The quantitative estimate of drug-likeness (QED) is 0.887. The average molecular weight is 349 g/mol. The van der Waals surface area contributed by atoms with Crippen molar-refractivity contribution in [2.24, 2.45) is 11.8 Å². The van der Waals surface area contributed by atoms with Crippen molar-refractivity contribution in [2.75, 3.05) is 11.5 Å². The molecule has 132 valence electrons. The molecule has 1 heterocycles. The summed E-state index contributed by atoms with van der Waals surface area (Å²) in [7, 11) is -3.03. The highest BCUT2D eigenvalue weighted by Crippen LogP contribution is 2.32. The van der Waals surface area contributed by atoms with Gasteiger partial charge in [0.1, 0.15) is 0 Å². The molecular formula is C19H27NO3S. The summed E-state index contributed by atoms with van der Waals surface area (Å²) >= 11 is 0. The van der Waals surface area contributed by atoms with Gasteiger partial charge < -0.3 is 5.32 Å². The van der Waals surface area contributed by atoms with Gasteiger partial charge in [-0.05, 0) is 24.3 Å². The fourth-order valence-corrected chi connectivity index (χ4v) is 5.75. The number of benzene rings is 1. The van der Waals surface area contributed by atoms with Crippen LogP contribution in [0.1, 0.15) is 56.6 Å². The summed E-state index contributed by atoms with van der Waals surface area (Å²) in [4.78, 5) is 12.6. The van der Waals surface area contributed by atoms with E-state index in [2.05, 4.69) is 17.4 Å². The van der Waals surface area contributed by atoms with Crippen molar-refractivity contribution in [3.05, 3.63) is 35.9 Å². The molecule has 0 radical (unpaired) electrons. The van der Waals surface area contributed by atoms with Gasteiger partial charge in [-0.15, -0.1) is 0 Å². The number of hydrogen-bond donors (Lipinski definition) is 1. The van der Waals surface area contributed by atoms with Crippen LogP contribution in [0.4, 0.5) is 0 Å². The van der Waals surface area contributed by atoms with Crippen LogP contribution in [0.15, 0.2) is 30.3 Å². The van der Waals surface area contributed by atoms with Crippen LogP contribution in [0.2, 0.25) is 0 Å². The van der Waals surface area contributed by atoms with Crippen LogP contribution in [0.25, 0.3) is 0 Å². The van der Waals surface area contributed by atoms with E-state index in [0.717, 1.165) is 12.0 Å². The zero-order valence-corrected chi connectivity index (χ0v) is 14.9. The molecule has 24 heavy (non-hydrogen) atoms. The van der Waals surface area contributed by atoms with E-state index in [1.165, 1.54) is 32.1 Å². The van der Waals surface area contributed by atoms with Crippen molar-refractivity contribution in [2.45, 2.75) is 51.0 Å². The number of carbonyl (C=O) groups is 1. The molecule has 0 aromatic heterocycles. The topological polar surface area (TPSA) is 63.2 Å². The fraction of sp³-hybridized carbons (Fsp3) is 0.632. The van der Waals surface area contributed by atoms with E-state index in [0.29, 0.717) is 12.3 Å². The van der Waals surface area contributed by atoms with E-state index in [1.807, 2.05) is 18.2 Å². The first-order valence-corrected chi connectivity index (χ1v) is 10.9. The van der Waals surface area contributed by atoms with Gasteiger partial charge in [0.25, 0.3) is 0 Å². The summed E-state index contributed by atoms with van der Waals surface area (Å²) in [5.74, 6) is 0.317. The third-order valence-electron chi connectivity index (χ3n) is 5.42. The summed E-state index contributed by atoms with van der Waals surface area (Å²) in [6.45, 7) is 0. The van der Waals surface area contributed by atoms with E-state index in [-0.39, 0.29) is 29.4 Å². The molecule has 1 aliphatic heterocycles. The Morgan fingerprint density at radius 1 is 1.08 bits per heavy atom. The second kappa shape index (κ2) is 7.68. The molecule has 0 bridgehead atoms. The average Bonchev–Trinajstić information content (AvgIpc) is 2.96. The number of sulfone groups is 1. The van der Waals surface area contributed by atoms with Crippen molar-refractivity contribution in [1.29, 1.82) is 0 Å². The summed E-state index contributed by atoms with van der Waals surface area (Å²) in [6, 6.07) is 10.1. The molecular weight excluding hydrogens is 322 g/mol. The molecule has 1 saturated carbocycles. The van der Waals surface area contributed by atoms with Crippen molar-refractivity contribution in [3.63, 3.8) is 0 Å². The molecule has 1 aromatic carbocycles. The minimum absolute atomic E-state index is 0.00374. The Hall–Kier alpha value is -1.36. The van der Waals surface area contributed by atoms with Crippen LogP contribution in [0.5, 0.6) is 0 Å². The molecule has 3 rings (SSSR count). The highest BCUT2D eigenvalue weighted by atomic mass is 32.2. The fourth-order valence-electron chi connectivity index (χ4n) is 4.01. The van der Waals surface area contributed by atoms with E-state index >= 15 is 0 Å². The van der Waals surface area contributed by atoms with Gasteiger partial charge in [-0.1, -0.05) is 62.4 Å². The molecule has 1 aliphatic carbocycles. The zero-order valence-electron chi connectivity index (χ0n) is 14.1. The van der Waals surface area contributed by atoms with Crippen molar-refractivity contribution in [1.82, 2.24) is 5.32 Å². The second-order valence-corrected chi connectivity index (χ2v) is 9.54. The first-order chi connectivity index (χ1) is 11.5. The SMILES string of the molecule is O=C(N[C@@H](CC1CCCCC1)c1ccccc1)[C@@H]1CCS(=O)(=O)C1. The van der Waals surface area contributed by atoms with Crippen LogP contribution >= 0.6 is 0 Å². The van der Waals surface area contributed by atoms with Gasteiger partial charge in [-0.25, -0.2) is 8.42 Å². The Kier molecular flexibility index (Phi) is 5.59. The molecule has 0 spiro atoms. The van der Waals surface area contributed by atoms with Crippen molar-refractivity contribution in [3.8, 4) is 0 Å². The zero-order chi connectivity index (χ0) is 17.0. The lowest BCUT2D eigenvalue weighted by atomic mass is 9.83. The molecule has 1 amide bonds. The lowest BCUT2D eigenvalue weighted by molar-refractivity contribution is -0.125. The Balaban J connectivity index is 1.68. The summed E-state index contributed by atoms with van der Waals surface area (Å²) in [5.41, 5.74) is 1.12. The maximum absolute atomic E-state index is 12.6. The maximum atomic E-state index is 12.6. The summed E-state index contributed by atoms with van der Waals surface area (Å²) in [5, 5.41) is 3.16. The normalized spacial score (nSPS) is 25.2. The number of hydrogen-bond acceptors (Lipinski definition) is 3. The molecule has 0 unspecified atom stereocenters. The second-order valence-electron chi connectivity index (χ2n) is 7.31. The Morgan fingerprint density at radius 3 is 2.42 bits per heavy atom. The molecule has 5 heteroatoms. The molecule has 1 saturated heterocycles. The molecule has 2 atom stereocenters. The van der Waals surface area contributed by atoms with Crippen LogP contribution in [-0.2, 0) is 14.6 Å². The van der Waals surface area contributed by atoms with Gasteiger partial charge in [0.15, 0.2) is 9.84 Å². The maximum Gasteiger partial charge on any atom is 0.224 e. The Labute approximate surface area is 145 Å². The van der Waals surface area contributed by atoms with E-state index in [9.17, 15) is 13.2 Å². The predicted molar refractivity (Wildman–Crippen MR) is 95.3 cm³/mol. The smallest absolute Gasteiger partial charge is 0.224 e. The summed E-state index contributed by atoms with van der Waals surface area (Å²) < 4.78 is 23.3. The van der Waals surface area contributed by atoms with Gasteiger partial charge in [0.05, 0.1) is 23.5 Å². The van der Waals surface area contributed by atoms with Crippen LogP contribution < -0.4 is 5.32 Å². The van der Waals surface area contributed by atoms with Gasteiger partial charge in [-0.2, -0.15) is 0 Å². The number of rotatable bonds is 5. The van der Waals surface area contributed by atoms with Gasteiger partial charge in [0.2, 0.25) is 5.91 Å². The van der Waals surface area contributed by atoms with E-state index < -0.39 is 9.84 Å². The number of nitrogens with one attached hydrogen (secondary N) is 1. The standard InChI is InChI=1S/C19H27NO3S/c21-19(17-11-12-24(22,23)14-17)20-18(16-9-5-2-6-10-16)13-15-7-3-1-4-8-15/h2,5-6,9-10,15,17-18H,1,3-4,7-8,11-14H2,(H,20,21)/t17-,18+/m1/s1. The molecule has 1 N–H and O–H groups in total. The lowest BCUT2D eigenvalue weighted by Crippen LogP contribution is -2.35. The number of carbonyl (C=O) groups excluding carboxylic acids is 1. The van der Waals surface area contributed by atoms with Gasteiger partial charge in [-0.3, -0.25) is 4.79 Å². The van der Waals surface area contributed by atoms with Crippen molar-refractivity contribution >= 4 is 15.7 Å². The third-order valence-corrected chi connectivity index (χ3v) is 7.18. The Bertz CT molecular complexity index is 650. The first-order valence-electron chi connectivity index (χ1n) is 9.09. The largest absolute Gasteiger partial charge is 0.349 e. The molecule has 1 aromatic rings. The van der Waals surface area contributed by atoms with Crippen LogP contribution in [-0.4, -0.2) is 25.8 Å². The van der Waals surface area contributed by atoms with Crippen LogP contribution in [0.3, 0.4) is 0 Å². The minimum atomic E-state index is -3.03. The summed E-state index contributed by atoms with van der Waals surface area (Å²) in [6.07, 6.45) is 7.75. The highest BCUT2D eigenvalue weighted by molar-refractivity contribution is 7.91. The van der Waals surface area contributed by atoms with Crippen molar-refractivity contribution < 1.29 is 13.2 Å². The van der Waals surface area contributed by atoms with Crippen LogP contribution in [0, 0.1) is 11.8 Å². The van der Waals surface area contributed by atoms with E-state index in [1.54, 1.807) is 0 Å². The van der Waals surface area contributed by atoms with E-state index in [4.69, 9.17) is 0 Å². The monoisotopic (exact) mass is 349 g/mol. The Morgan fingerprint density at radius 2 is 1.79 bits per heavy atom. The predicted octanol–water partition coefficient (Wildman–Crippen LogP) is 3.25. The molecule has 2 aliphatic rings. The van der Waals surface area contributed by atoms with Gasteiger partial charge in [0, 0.05) is 0 Å². The van der Waals surface area contributed by atoms with Gasteiger partial charge >= 0.3 is 0 Å². The number of amides is 1. The lowest BCUT2D eigenvalue weighted by Gasteiger charge is -2.28. The minimum Gasteiger partial charge on any atom is -0.349 e. The molecule has 2 fully saturated rings. The third kappa shape index (κ3) is 4.59.